The van der Waals surface area contributed by atoms with E-state index in [2.05, 4.69) is 0 Å². The average Bonchev–Trinajstić information content (AvgIpc) is 2.40. The van der Waals surface area contributed by atoms with Crippen molar-refractivity contribution >= 4 is 17.4 Å². The SMILES string of the molecule is Cc1cccc(OCC(=O)c2ccccc2Cl)c1C. The first-order chi connectivity index (χ1) is 9.09. The molecule has 0 atom stereocenters. The summed E-state index contributed by atoms with van der Waals surface area (Å²) < 4.78 is 5.58. The van der Waals surface area contributed by atoms with Crippen molar-refractivity contribution in [1.82, 2.24) is 0 Å². The molecule has 2 aromatic carbocycles. The molecule has 0 bridgehead atoms. The van der Waals surface area contributed by atoms with Gasteiger partial charge in [-0.05, 0) is 43.2 Å². The van der Waals surface area contributed by atoms with Crippen LogP contribution in [0.2, 0.25) is 5.02 Å². The van der Waals surface area contributed by atoms with Gasteiger partial charge in [-0.15, -0.1) is 0 Å². The van der Waals surface area contributed by atoms with Gasteiger partial charge in [-0.1, -0.05) is 35.9 Å². The molecule has 3 heteroatoms. The molecule has 98 valence electrons. The van der Waals surface area contributed by atoms with Crippen LogP contribution >= 0.6 is 11.6 Å². The van der Waals surface area contributed by atoms with Gasteiger partial charge < -0.3 is 4.74 Å². The normalized spacial score (nSPS) is 10.3. The number of aryl methyl sites for hydroxylation is 1. The van der Waals surface area contributed by atoms with E-state index >= 15 is 0 Å². The Labute approximate surface area is 118 Å². The fourth-order valence-electron chi connectivity index (χ4n) is 1.79. The second-order valence-corrected chi connectivity index (χ2v) is 4.80. The van der Waals surface area contributed by atoms with Crippen LogP contribution in [0.5, 0.6) is 5.75 Å². The molecule has 0 heterocycles. The summed E-state index contributed by atoms with van der Waals surface area (Å²) in [5.74, 6) is 0.618. The molecule has 0 fully saturated rings. The topological polar surface area (TPSA) is 26.3 Å². The third-order valence-corrected chi connectivity index (χ3v) is 3.42. The number of ketones is 1. The second kappa shape index (κ2) is 5.89. The van der Waals surface area contributed by atoms with Gasteiger partial charge >= 0.3 is 0 Å². The van der Waals surface area contributed by atoms with Crippen LogP contribution in [0.15, 0.2) is 42.5 Å². The number of benzene rings is 2. The summed E-state index contributed by atoms with van der Waals surface area (Å²) in [7, 11) is 0. The van der Waals surface area contributed by atoms with Gasteiger partial charge in [0.1, 0.15) is 5.75 Å². The molecule has 0 amide bonds. The van der Waals surface area contributed by atoms with E-state index in [1.54, 1.807) is 24.3 Å². The summed E-state index contributed by atoms with van der Waals surface area (Å²) in [6.07, 6.45) is 0. The van der Waals surface area contributed by atoms with E-state index in [1.165, 1.54) is 0 Å². The molecule has 0 aliphatic heterocycles. The summed E-state index contributed by atoms with van der Waals surface area (Å²) in [6.45, 7) is 3.98. The first-order valence-corrected chi connectivity index (χ1v) is 6.44. The molecule has 0 aliphatic rings. The number of Topliss-reactive ketones (excluding diaryl/α,β-unsaturated/α-hetero) is 1. The third kappa shape index (κ3) is 3.15. The molecule has 2 nitrogen and oxygen atoms in total. The lowest BCUT2D eigenvalue weighted by molar-refractivity contribution is 0.0921. The number of rotatable bonds is 4. The standard InChI is InChI=1S/C16H15ClO2/c1-11-6-5-9-16(12(11)2)19-10-15(18)13-7-3-4-8-14(13)17/h3-9H,10H2,1-2H3. The molecular formula is C16H15ClO2. The second-order valence-electron chi connectivity index (χ2n) is 4.39. The molecule has 2 rings (SSSR count). The van der Waals surface area contributed by atoms with Gasteiger partial charge in [-0.2, -0.15) is 0 Å². The monoisotopic (exact) mass is 274 g/mol. The molecule has 2 aromatic rings. The van der Waals surface area contributed by atoms with Crippen LogP contribution in [0.3, 0.4) is 0 Å². The number of carbonyl (C=O) groups excluding carboxylic acids is 1. The van der Waals surface area contributed by atoms with E-state index in [4.69, 9.17) is 16.3 Å². The Morgan fingerprint density at radius 3 is 2.58 bits per heavy atom. The fraction of sp³-hybridized carbons (Fsp3) is 0.188. The largest absolute Gasteiger partial charge is 0.485 e. The van der Waals surface area contributed by atoms with Crippen molar-refractivity contribution in [2.24, 2.45) is 0 Å². The number of carbonyl (C=O) groups is 1. The van der Waals surface area contributed by atoms with Gasteiger partial charge in [0.15, 0.2) is 6.61 Å². The van der Waals surface area contributed by atoms with Crippen LogP contribution < -0.4 is 4.74 Å². The lowest BCUT2D eigenvalue weighted by atomic mass is 10.1. The van der Waals surface area contributed by atoms with Crippen molar-refractivity contribution in [3.05, 3.63) is 64.2 Å². The molecule has 0 unspecified atom stereocenters. The summed E-state index contributed by atoms with van der Waals surface area (Å²) in [4.78, 5) is 12.0. The molecule has 0 saturated carbocycles. The number of ether oxygens (including phenoxy) is 1. The van der Waals surface area contributed by atoms with Crippen LogP contribution in [0, 0.1) is 13.8 Å². The van der Waals surface area contributed by atoms with Gasteiger partial charge in [-0.25, -0.2) is 0 Å². The summed E-state index contributed by atoms with van der Waals surface area (Å²) in [5.41, 5.74) is 2.69. The number of hydrogen-bond acceptors (Lipinski definition) is 2. The quantitative estimate of drug-likeness (QED) is 0.781. The molecule has 0 radical (unpaired) electrons. The highest BCUT2D eigenvalue weighted by molar-refractivity contribution is 6.34. The van der Waals surface area contributed by atoms with Gasteiger partial charge in [-0.3, -0.25) is 4.79 Å². The lowest BCUT2D eigenvalue weighted by Gasteiger charge is -2.10. The van der Waals surface area contributed by atoms with Gasteiger partial charge in [0.2, 0.25) is 5.78 Å². The minimum atomic E-state index is -0.119. The number of halogens is 1. The molecule has 19 heavy (non-hydrogen) atoms. The van der Waals surface area contributed by atoms with Crippen LogP contribution in [0.25, 0.3) is 0 Å². The molecule has 0 spiro atoms. The Morgan fingerprint density at radius 2 is 1.84 bits per heavy atom. The van der Waals surface area contributed by atoms with Crippen LogP contribution in [0.4, 0.5) is 0 Å². The minimum Gasteiger partial charge on any atom is -0.485 e. The Kier molecular flexibility index (Phi) is 4.23. The first-order valence-electron chi connectivity index (χ1n) is 6.06. The molecule has 0 saturated heterocycles. The third-order valence-electron chi connectivity index (χ3n) is 3.09. The highest BCUT2D eigenvalue weighted by Crippen LogP contribution is 2.21. The Morgan fingerprint density at radius 1 is 1.11 bits per heavy atom. The van der Waals surface area contributed by atoms with Crippen molar-refractivity contribution in [2.45, 2.75) is 13.8 Å². The van der Waals surface area contributed by atoms with Crippen LogP contribution in [-0.4, -0.2) is 12.4 Å². The van der Waals surface area contributed by atoms with Crippen LogP contribution in [-0.2, 0) is 0 Å². The first kappa shape index (κ1) is 13.6. The summed E-state index contributed by atoms with van der Waals surface area (Å²) >= 11 is 5.98. The van der Waals surface area contributed by atoms with Crippen molar-refractivity contribution in [1.29, 1.82) is 0 Å². The lowest BCUT2D eigenvalue weighted by Crippen LogP contribution is -2.12. The molecule has 0 aliphatic carbocycles. The van der Waals surface area contributed by atoms with E-state index in [-0.39, 0.29) is 12.4 Å². The van der Waals surface area contributed by atoms with Crippen molar-refractivity contribution in [3.8, 4) is 5.75 Å². The summed E-state index contributed by atoms with van der Waals surface area (Å²) in [5, 5.41) is 0.456. The highest BCUT2D eigenvalue weighted by atomic mass is 35.5. The van der Waals surface area contributed by atoms with E-state index in [1.807, 2.05) is 32.0 Å². The average molecular weight is 275 g/mol. The van der Waals surface area contributed by atoms with Crippen molar-refractivity contribution in [2.75, 3.05) is 6.61 Å². The van der Waals surface area contributed by atoms with Crippen molar-refractivity contribution in [3.63, 3.8) is 0 Å². The highest BCUT2D eigenvalue weighted by Gasteiger charge is 2.11. The summed E-state index contributed by atoms with van der Waals surface area (Å²) in [6, 6.07) is 12.8. The molecule has 0 N–H and O–H groups in total. The predicted molar refractivity (Wildman–Crippen MR) is 77.2 cm³/mol. The molecule has 0 aromatic heterocycles. The number of hydrogen-bond donors (Lipinski definition) is 0. The zero-order valence-corrected chi connectivity index (χ0v) is 11.7. The van der Waals surface area contributed by atoms with Crippen LogP contribution in [0.1, 0.15) is 21.5 Å². The maximum Gasteiger partial charge on any atom is 0.201 e. The zero-order chi connectivity index (χ0) is 13.8. The fourth-order valence-corrected chi connectivity index (χ4v) is 2.03. The van der Waals surface area contributed by atoms with E-state index in [9.17, 15) is 4.79 Å². The van der Waals surface area contributed by atoms with E-state index < -0.39 is 0 Å². The zero-order valence-electron chi connectivity index (χ0n) is 10.9. The Hall–Kier alpha value is -1.80. The minimum absolute atomic E-state index is 0.00593. The smallest absolute Gasteiger partial charge is 0.201 e. The maximum atomic E-state index is 12.0. The van der Waals surface area contributed by atoms with Gasteiger partial charge in [0.05, 0.1) is 5.02 Å². The Balaban J connectivity index is 2.09. The van der Waals surface area contributed by atoms with Crippen molar-refractivity contribution < 1.29 is 9.53 Å². The van der Waals surface area contributed by atoms with Gasteiger partial charge in [0.25, 0.3) is 0 Å². The maximum absolute atomic E-state index is 12.0. The predicted octanol–water partition coefficient (Wildman–Crippen LogP) is 4.22. The Bertz CT molecular complexity index is 605. The van der Waals surface area contributed by atoms with E-state index in [0.29, 0.717) is 10.6 Å². The molecular weight excluding hydrogens is 260 g/mol. The van der Waals surface area contributed by atoms with E-state index in [0.717, 1.165) is 16.9 Å². The van der Waals surface area contributed by atoms with Gasteiger partial charge in [0, 0.05) is 5.56 Å².